The standard InChI is InChI=1S/C21H26N4O3S/c1-17-7-9-20(10-8-17)29(27,28)25-13-11-24(12-14-25)16-21(26)23-22-15-19-6-4-3-5-18(19)2/h3-10,15H,11-14,16H2,1-2H3,(H,23,26)/b22-15-. The highest BCUT2D eigenvalue weighted by Crippen LogP contribution is 2.18. The second kappa shape index (κ2) is 9.30. The normalized spacial score (nSPS) is 16.2. The number of carbonyl (C=O) groups is 1. The van der Waals surface area contributed by atoms with Gasteiger partial charge in [0.2, 0.25) is 10.0 Å². The number of hydrogen-bond acceptors (Lipinski definition) is 5. The van der Waals surface area contributed by atoms with Crippen LogP contribution in [0.5, 0.6) is 0 Å². The highest BCUT2D eigenvalue weighted by molar-refractivity contribution is 7.89. The average molecular weight is 415 g/mol. The Labute approximate surface area is 172 Å². The van der Waals surface area contributed by atoms with Crippen molar-refractivity contribution in [2.45, 2.75) is 18.7 Å². The van der Waals surface area contributed by atoms with Gasteiger partial charge in [0.1, 0.15) is 0 Å². The molecular formula is C21H26N4O3S. The Morgan fingerprint density at radius 1 is 1.03 bits per heavy atom. The highest BCUT2D eigenvalue weighted by Gasteiger charge is 2.28. The molecule has 0 bridgehead atoms. The van der Waals surface area contributed by atoms with Crippen molar-refractivity contribution in [2.24, 2.45) is 5.10 Å². The van der Waals surface area contributed by atoms with Gasteiger partial charge in [-0.1, -0.05) is 42.0 Å². The van der Waals surface area contributed by atoms with Crippen molar-refractivity contribution < 1.29 is 13.2 Å². The van der Waals surface area contributed by atoms with Crippen LogP contribution in [0.1, 0.15) is 16.7 Å². The van der Waals surface area contributed by atoms with Crippen LogP contribution in [0.2, 0.25) is 0 Å². The monoisotopic (exact) mass is 414 g/mol. The van der Waals surface area contributed by atoms with Crippen LogP contribution in [0, 0.1) is 13.8 Å². The summed E-state index contributed by atoms with van der Waals surface area (Å²) in [6.07, 6.45) is 1.62. The zero-order valence-electron chi connectivity index (χ0n) is 16.7. The Balaban J connectivity index is 1.48. The molecule has 1 heterocycles. The van der Waals surface area contributed by atoms with Gasteiger partial charge in [-0.05, 0) is 37.1 Å². The van der Waals surface area contributed by atoms with Crippen LogP contribution in [0.15, 0.2) is 58.5 Å². The minimum atomic E-state index is -3.50. The van der Waals surface area contributed by atoms with Crippen molar-refractivity contribution in [3.63, 3.8) is 0 Å². The minimum absolute atomic E-state index is 0.184. The van der Waals surface area contributed by atoms with E-state index in [2.05, 4.69) is 10.5 Å². The number of hydrogen-bond donors (Lipinski definition) is 1. The number of sulfonamides is 1. The number of amides is 1. The molecular weight excluding hydrogens is 388 g/mol. The Morgan fingerprint density at radius 3 is 2.34 bits per heavy atom. The van der Waals surface area contributed by atoms with Gasteiger partial charge >= 0.3 is 0 Å². The van der Waals surface area contributed by atoms with Gasteiger partial charge in [0.25, 0.3) is 5.91 Å². The van der Waals surface area contributed by atoms with Gasteiger partial charge in [0.15, 0.2) is 0 Å². The van der Waals surface area contributed by atoms with Gasteiger partial charge in [-0.3, -0.25) is 9.69 Å². The lowest BCUT2D eigenvalue weighted by Gasteiger charge is -2.33. The number of benzene rings is 2. The van der Waals surface area contributed by atoms with Crippen LogP contribution in [-0.2, 0) is 14.8 Å². The van der Waals surface area contributed by atoms with Crippen LogP contribution >= 0.6 is 0 Å². The number of piperazine rings is 1. The van der Waals surface area contributed by atoms with E-state index in [1.807, 2.05) is 43.0 Å². The first kappa shape index (κ1) is 21.2. The molecule has 7 nitrogen and oxygen atoms in total. The van der Waals surface area contributed by atoms with Gasteiger partial charge in [0, 0.05) is 26.2 Å². The smallest absolute Gasteiger partial charge is 0.254 e. The largest absolute Gasteiger partial charge is 0.292 e. The number of hydrazone groups is 1. The lowest BCUT2D eigenvalue weighted by molar-refractivity contribution is -0.122. The van der Waals surface area contributed by atoms with Crippen LogP contribution < -0.4 is 5.43 Å². The first-order valence-electron chi connectivity index (χ1n) is 9.53. The van der Waals surface area contributed by atoms with E-state index in [1.165, 1.54) is 4.31 Å². The summed E-state index contributed by atoms with van der Waals surface area (Å²) in [5, 5.41) is 4.01. The van der Waals surface area contributed by atoms with Crippen molar-refractivity contribution in [1.29, 1.82) is 0 Å². The van der Waals surface area contributed by atoms with Crippen molar-refractivity contribution in [2.75, 3.05) is 32.7 Å². The second-order valence-corrected chi connectivity index (χ2v) is 9.08. The van der Waals surface area contributed by atoms with Crippen molar-refractivity contribution in [1.82, 2.24) is 14.6 Å². The quantitative estimate of drug-likeness (QED) is 0.577. The molecule has 1 aliphatic rings. The molecule has 154 valence electrons. The lowest BCUT2D eigenvalue weighted by Crippen LogP contribution is -2.50. The van der Waals surface area contributed by atoms with Crippen LogP contribution in [0.3, 0.4) is 0 Å². The zero-order chi connectivity index (χ0) is 20.9. The molecule has 0 aromatic heterocycles. The van der Waals surface area contributed by atoms with Crippen LogP contribution in [0.25, 0.3) is 0 Å². The van der Waals surface area contributed by atoms with E-state index < -0.39 is 10.0 Å². The number of aryl methyl sites for hydroxylation is 2. The first-order valence-corrected chi connectivity index (χ1v) is 11.0. The average Bonchev–Trinajstić information content (AvgIpc) is 2.70. The molecule has 1 amide bonds. The van der Waals surface area contributed by atoms with Crippen LogP contribution in [-0.4, -0.2) is 62.5 Å². The number of rotatable bonds is 6. The summed E-state index contributed by atoms with van der Waals surface area (Å²) >= 11 is 0. The molecule has 2 aromatic rings. The van der Waals surface area contributed by atoms with E-state index in [4.69, 9.17) is 0 Å². The molecule has 3 rings (SSSR count). The van der Waals surface area contributed by atoms with Gasteiger partial charge < -0.3 is 0 Å². The van der Waals surface area contributed by atoms with Gasteiger partial charge in [-0.25, -0.2) is 13.8 Å². The van der Waals surface area contributed by atoms with Crippen molar-refractivity contribution in [3.8, 4) is 0 Å². The topological polar surface area (TPSA) is 82.1 Å². The molecule has 1 fully saturated rings. The Kier molecular flexibility index (Phi) is 6.79. The number of nitrogens with one attached hydrogen (secondary N) is 1. The van der Waals surface area contributed by atoms with Crippen LogP contribution in [0.4, 0.5) is 0 Å². The molecule has 0 unspecified atom stereocenters. The van der Waals surface area contributed by atoms with Crippen molar-refractivity contribution >= 4 is 22.1 Å². The summed E-state index contributed by atoms with van der Waals surface area (Å²) in [4.78, 5) is 14.4. The van der Waals surface area contributed by atoms with E-state index in [0.29, 0.717) is 31.1 Å². The fourth-order valence-corrected chi connectivity index (χ4v) is 4.55. The Morgan fingerprint density at radius 2 is 1.69 bits per heavy atom. The van der Waals surface area contributed by atoms with Crippen molar-refractivity contribution in [3.05, 3.63) is 65.2 Å². The summed E-state index contributed by atoms with van der Waals surface area (Å²) in [7, 11) is -3.50. The predicted molar refractivity (Wildman–Crippen MR) is 113 cm³/mol. The number of nitrogens with zero attached hydrogens (tertiary/aromatic N) is 3. The maximum absolute atomic E-state index is 12.7. The van der Waals surface area contributed by atoms with E-state index >= 15 is 0 Å². The SMILES string of the molecule is Cc1ccc(S(=O)(=O)N2CCN(CC(=O)N/N=C\c3ccccc3C)CC2)cc1. The predicted octanol–water partition coefficient (Wildman–Crippen LogP) is 1.76. The summed E-state index contributed by atoms with van der Waals surface area (Å²) in [6.45, 7) is 5.80. The summed E-state index contributed by atoms with van der Waals surface area (Å²) in [5.41, 5.74) is 5.58. The molecule has 1 aliphatic heterocycles. The zero-order valence-corrected chi connectivity index (χ0v) is 17.5. The van der Waals surface area contributed by atoms with Gasteiger partial charge in [0.05, 0.1) is 17.7 Å². The molecule has 0 radical (unpaired) electrons. The number of carbonyl (C=O) groups excluding carboxylic acids is 1. The molecule has 0 aliphatic carbocycles. The molecule has 29 heavy (non-hydrogen) atoms. The Hall–Kier alpha value is -2.55. The van der Waals surface area contributed by atoms with E-state index in [1.54, 1.807) is 30.5 Å². The summed E-state index contributed by atoms with van der Waals surface area (Å²) in [6, 6.07) is 14.6. The van der Waals surface area contributed by atoms with E-state index in [0.717, 1.165) is 16.7 Å². The van der Waals surface area contributed by atoms with Gasteiger partial charge in [-0.2, -0.15) is 9.41 Å². The maximum Gasteiger partial charge on any atom is 0.254 e. The second-order valence-electron chi connectivity index (χ2n) is 7.14. The summed E-state index contributed by atoms with van der Waals surface area (Å²) < 4.78 is 27.0. The Bertz CT molecular complexity index is 979. The first-order chi connectivity index (χ1) is 13.9. The van der Waals surface area contributed by atoms with E-state index in [9.17, 15) is 13.2 Å². The van der Waals surface area contributed by atoms with Gasteiger partial charge in [-0.15, -0.1) is 0 Å². The highest BCUT2D eigenvalue weighted by atomic mass is 32.2. The molecule has 2 aromatic carbocycles. The third-order valence-electron chi connectivity index (χ3n) is 4.94. The minimum Gasteiger partial charge on any atom is -0.292 e. The molecule has 1 saturated heterocycles. The summed E-state index contributed by atoms with van der Waals surface area (Å²) in [5.74, 6) is -0.218. The maximum atomic E-state index is 12.7. The van der Waals surface area contributed by atoms with E-state index in [-0.39, 0.29) is 12.5 Å². The fourth-order valence-electron chi connectivity index (χ4n) is 3.13. The fraction of sp³-hybridized carbons (Fsp3) is 0.333. The third-order valence-corrected chi connectivity index (χ3v) is 6.85. The molecule has 0 spiro atoms. The molecule has 1 N–H and O–H groups in total. The lowest BCUT2D eigenvalue weighted by atomic mass is 10.1. The third kappa shape index (κ3) is 5.50. The molecule has 8 heteroatoms. The molecule has 0 saturated carbocycles. The molecule has 0 atom stereocenters.